The van der Waals surface area contributed by atoms with Crippen LogP contribution in [-0.2, 0) is 13.0 Å². The normalized spacial score (nSPS) is 10.3. The van der Waals surface area contributed by atoms with Crippen LogP contribution in [0.3, 0.4) is 0 Å². The lowest BCUT2D eigenvalue weighted by atomic mass is 10.1. The zero-order chi connectivity index (χ0) is 18.8. The van der Waals surface area contributed by atoms with Crippen molar-refractivity contribution in [2.24, 2.45) is 0 Å². The van der Waals surface area contributed by atoms with Crippen molar-refractivity contribution >= 4 is 29.0 Å². The van der Waals surface area contributed by atoms with Crippen molar-refractivity contribution in [1.29, 1.82) is 0 Å². The van der Waals surface area contributed by atoms with E-state index in [1.807, 2.05) is 56.3 Å². The van der Waals surface area contributed by atoms with E-state index in [0.717, 1.165) is 24.2 Å². The molecule has 0 unspecified atom stereocenters. The van der Waals surface area contributed by atoms with Gasteiger partial charge in [0.1, 0.15) is 0 Å². The molecule has 26 heavy (non-hydrogen) atoms. The molecule has 138 valence electrons. The fraction of sp³-hybridized carbons (Fsp3) is 0.300. The molecule has 0 fully saturated rings. The highest BCUT2D eigenvalue weighted by molar-refractivity contribution is 7.80. The number of nitrogens with one attached hydrogen (secondary N) is 4. The van der Waals surface area contributed by atoms with Crippen LogP contribution in [0.15, 0.2) is 54.6 Å². The smallest absolute Gasteiger partial charge is 0.319 e. The van der Waals surface area contributed by atoms with E-state index in [1.165, 1.54) is 5.56 Å². The summed E-state index contributed by atoms with van der Waals surface area (Å²) in [6, 6.07) is 17.9. The van der Waals surface area contributed by atoms with E-state index in [9.17, 15) is 4.79 Å². The molecule has 5 nitrogen and oxygen atoms in total. The minimum Gasteiger partial charge on any atom is -0.362 e. The zero-order valence-corrected chi connectivity index (χ0v) is 16.0. The first kappa shape index (κ1) is 19.7. The summed E-state index contributed by atoms with van der Waals surface area (Å²) in [5.74, 6) is 0. The number of rotatable bonds is 7. The number of amides is 2. The van der Waals surface area contributed by atoms with Gasteiger partial charge in [-0.15, -0.1) is 0 Å². The first-order valence-electron chi connectivity index (χ1n) is 8.75. The Labute approximate surface area is 160 Å². The molecular weight excluding hydrogens is 344 g/mol. The number of thiocarbonyl (C=S) groups is 1. The third-order valence-corrected chi connectivity index (χ3v) is 3.92. The van der Waals surface area contributed by atoms with Crippen LogP contribution in [0.1, 0.15) is 25.0 Å². The third kappa shape index (κ3) is 7.53. The molecule has 0 heterocycles. The van der Waals surface area contributed by atoms with Gasteiger partial charge in [0.2, 0.25) is 0 Å². The highest BCUT2D eigenvalue weighted by atomic mass is 32.1. The Kier molecular flexibility index (Phi) is 7.89. The summed E-state index contributed by atoms with van der Waals surface area (Å²) < 4.78 is 0. The maximum Gasteiger partial charge on any atom is 0.319 e. The highest BCUT2D eigenvalue weighted by Gasteiger charge is 2.03. The van der Waals surface area contributed by atoms with Gasteiger partial charge < -0.3 is 21.3 Å². The molecule has 2 aromatic rings. The lowest BCUT2D eigenvalue weighted by Gasteiger charge is -2.12. The van der Waals surface area contributed by atoms with Crippen molar-refractivity contribution in [3.8, 4) is 0 Å². The van der Waals surface area contributed by atoms with Crippen LogP contribution < -0.4 is 21.3 Å². The molecular formula is C20H26N4OS. The Balaban J connectivity index is 1.68. The lowest BCUT2D eigenvalue weighted by molar-refractivity contribution is 0.250. The summed E-state index contributed by atoms with van der Waals surface area (Å²) in [7, 11) is 0. The number of carbonyl (C=O) groups is 1. The number of hydrogen-bond acceptors (Lipinski definition) is 2. The van der Waals surface area contributed by atoms with E-state index >= 15 is 0 Å². The van der Waals surface area contributed by atoms with Crippen molar-refractivity contribution < 1.29 is 4.79 Å². The molecule has 2 amide bonds. The summed E-state index contributed by atoms with van der Waals surface area (Å²) >= 11 is 5.30. The van der Waals surface area contributed by atoms with Gasteiger partial charge in [-0.05, 0) is 55.7 Å². The summed E-state index contributed by atoms with van der Waals surface area (Å²) in [4.78, 5) is 11.7. The summed E-state index contributed by atoms with van der Waals surface area (Å²) in [5, 5.41) is 12.6. The molecule has 0 saturated heterocycles. The van der Waals surface area contributed by atoms with Crippen LogP contribution in [0, 0.1) is 0 Å². The Bertz CT molecular complexity index is 702. The van der Waals surface area contributed by atoms with Gasteiger partial charge in [-0.2, -0.15) is 0 Å². The van der Waals surface area contributed by atoms with Crippen LogP contribution in [0.5, 0.6) is 0 Å². The van der Waals surface area contributed by atoms with Crippen molar-refractivity contribution in [1.82, 2.24) is 16.0 Å². The van der Waals surface area contributed by atoms with Crippen molar-refractivity contribution in [2.75, 3.05) is 11.9 Å². The van der Waals surface area contributed by atoms with Gasteiger partial charge in [0.05, 0.1) is 0 Å². The van der Waals surface area contributed by atoms with Gasteiger partial charge in [0.15, 0.2) is 5.11 Å². The summed E-state index contributed by atoms with van der Waals surface area (Å²) in [5.41, 5.74) is 3.13. The van der Waals surface area contributed by atoms with E-state index in [-0.39, 0.29) is 12.1 Å². The quantitative estimate of drug-likeness (QED) is 0.564. The first-order chi connectivity index (χ1) is 12.5. The maximum absolute atomic E-state index is 11.7. The second kappa shape index (κ2) is 10.4. The van der Waals surface area contributed by atoms with Gasteiger partial charge in [-0.3, -0.25) is 0 Å². The van der Waals surface area contributed by atoms with E-state index in [4.69, 9.17) is 12.2 Å². The standard InChI is InChI=1S/C20H26N4OS/c1-15(2)23-19(25)24-18-10-8-17(9-11-18)14-22-20(26)21-13-12-16-6-4-3-5-7-16/h3-11,15H,12-14H2,1-2H3,(H2,21,22,26)(H2,23,24,25). The molecule has 4 N–H and O–H groups in total. The van der Waals surface area contributed by atoms with Gasteiger partial charge in [0, 0.05) is 24.8 Å². The molecule has 0 aliphatic rings. The Morgan fingerprint density at radius 1 is 0.962 bits per heavy atom. The molecule has 6 heteroatoms. The molecule has 0 aromatic heterocycles. The summed E-state index contributed by atoms with van der Waals surface area (Å²) in [6.45, 7) is 5.27. The molecule has 0 aliphatic carbocycles. The molecule has 2 aromatic carbocycles. The Hall–Kier alpha value is -2.60. The van der Waals surface area contributed by atoms with E-state index in [2.05, 4.69) is 33.4 Å². The average Bonchev–Trinajstić information content (AvgIpc) is 2.61. The van der Waals surface area contributed by atoms with Gasteiger partial charge >= 0.3 is 6.03 Å². The Morgan fingerprint density at radius 2 is 1.65 bits per heavy atom. The van der Waals surface area contributed by atoms with E-state index in [1.54, 1.807) is 0 Å². The molecule has 0 radical (unpaired) electrons. The predicted octanol–water partition coefficient (Wildman–Crippen LogP) is 3.42. The van der Waals surface area contributed by atoms with E-state index < -0.39 is 0 Å². The Morgan fingerprint density at radius 3 is 2.31 bits per heavy atom. The zero-order valence-electron chi connectivity index (χ0n) is 15.2. The van der Waals surface area contributed by atoms with Gasteiger partial charge in [0.25, 0.3) is 0 Å². The second-order valence-corrected chi connectivity index (χ2v) is 6.70. The molecule has 0 aliphatic heterocycles. The number of hydrogen-bond donors (Lipinski definition) is 4. The van der Waals surface area contributed by atoms with Crippen LogP contribution >= 0.6 is 12.2 Å². The highest BCUT2D eigenvalue weighted by Crippen LogP contribution is 2.09. The minimum absolute atomic E-state index is 0.105. The average molecular weight is 371 g/mol. The van der Waals surface area contributed by atoms with Crippen LogP contribution in [0.25, 0.3) is 0 Å². The van der Waals surface area contributed by atoms with Crippen LogP contribution in [-0.4, -0.2) is 23.7 Å². The van der Waals surface area contributed by atoms with E-state index in [0.29, 0.717) is 11.7 Å². The topological polar surface area (TPSA) is 65.2 Å². The third-order valence-electron chi connectivity index (χ3n) is 3.63. The fourth-order valence-corrected chi connectivity index (χ4v) is 2.52. The largest absolute Gasteiger partial charge is 0.362 e. The monoisotopic (exact) mass is 370 g/mol. The first-order valence-corrected chi connectivity index (χ1v) is 9.16. The predicted molar refractivity (Wildman–Crippen MR) is 111 cm³/mol. The van der Waals surface area contributed by atoms with Gasteiger partial charge in [-0.25, -0.2) is 4.79 Å². The lowest BCUT2D eigenvalue weighted by Crippen LogP contribution is -2.36. The van der Waals surface area contributed by atoms with Crippen LogP contribution in [0.2, 0.25) is 0 Å². The molecule has 0 bridgehead atoms. The number of urea groups is 1. The maximum atomic E-state index is 11.7. The fourth-order valence-electron chi connectivity index (χ4n) is 2.35. The van der Waals surface area contributed by atoms with Crippen LogP contribution in [0.4, 0.5) is 10.5 Å². The molecule has 0 saturated carbocycles. The molecule has 0 atom stereocenters. The molecule has 2 rings (SSSR count). The number of carbonyl (C=O) groups excluding carboxylic acids is 1. The second-order valence-electron chi connectivity index (χ2n) is 6.30. The van der Waals surface area contributed by atoms with Crippen molar-refractivity contribution in [3.63, 3.8) is 0 Å². The van der Waals surface area contributed by atoms with Crippen molar-refractivity contribution in [3.05, 3.63) is 65.7 Å². The number of benzene rings is 2. The van der Waals surface area contributed by atoms with Gasteiger partial charge in [-0.1, -0.05) is 42.5 Å². The summed E-state index contributed by atoms with van der Waals surface area (Å²) in [6.07, 6.45) is 0.932. The molecule has 0 spiro atoms. The minimum atomic E-state index is -0.199. The number of anilines is 1. The SMILES string of the molecule is CC(C)NC(=O)Nc1ccc(CNC(=S)NCCc2ccccc2)cc1. The van der Waals surface area contributed by atoms with Crippen molar-refractivity contribution in [2.45, 2.75) is 32.9 Å².